The Balaban J connectivity index is 2.02. The Morgan fingerprint density at radius 3 is 2.24 bits per heavy atom. The molecule has 0 aromatic heterocycles. The van der Waals surface area contributed by atoms with Gasteiger partial charge in [0.05, 0.1) is 4.92 Å². The summed E-state index contributed by atoms with van der Waals surface area (Å²) in [5.74, 6) is 0. The number of aryl methyl sites for hydroxylation is 1. The van der Waals surface area contributed by atoms with Crippen molar-refractivity contribution in [3.8, 4) is 0 Å². The van der Waals surface area contributed by atoms with Gasteiger partial charge in [0, 0.05) is 19.2 Å². The molecule has 5 nitrogen and oxygen atoms in total. The van der Waals surface area contributed by atoms with Crippen molar-refractivity contribution in [1.29, 1.82) is 0 Å². The molecule has 2 aromatic rings. The van der Waals surface area contributed by atoms with E-state index in [-0.39, 0.29) is 11.4 Å². The minimum absolute atomic E-state index is 0.0417. The monoisotopic (exact) mass is 285 g/mol. The van der Waals surface area contributed by atoms with Crippen LogP contribution in [0.25, 0.3) is 0 Å². The van der Waals surface area contributed by atoms with E-state index in [1.807, 2.05) is 7.05 Å². The first-order valence-corrected chi connectivity index (χ1v) is 6.72. The number of nitrogens with two attached hydrogens (primary N) is 1. The highest BCUT2D eigenvalue weighted by molar-refractivity contribution is 5.59. The number of hydrogen-bond donors (Lipinski definition) is 1. The molecule has 21 heavy (non-hydrogen) atoms. The number of rotatable bonds is 5. The summed E-state index contributed by atoms with van der Waals surface area (Å²) in [6, 6.07) is 13.3. The van der Waals surface area contributed by atoms with Crippen LogP contribution in [0.2, 0.25) is 0 Å². The lowest BCUT2D eigenvalue weighted by Crippen LogP contribution is -2.17. The van der Waals surface area contributed by atoms with Crippen molar-refractivity contribution in [2.45, 2.75) is 20.0 Å². The lowest BCUT2D eigenvalue weighted by Gasteiger charge is -2.17. The fourth-order valence-corrected chi connectivity index (χ4v) is 2.24. The molecule has 0 bridgehead atoms. The van der Waals surface area contributed by atoms with E-state index >= 15 is 0 Å². The topological polar surface area (TPSA) is 72.4 Å². The largest absolute Gasteiger partial charge is 0.393 e. The van der Waals surface area contributed by atoms with E-state index in [0.717, 1.165) is 12.1 Å². The van der Waals surface area contributed by atoms with Crippen LogP contribution in [-0.4, -0.2) is 16.9 Å². The van der Waals surface area contributed by atoms with Crippen molar-refractivity contribution in [2.75, 3.05) is 12.8 Å². The SMILES string of the molecule is Cc1ccc(CN(C)Cc2ccc([N+](=O)[O-])c(N)c2)cc1. The van der Waals surface area contributed by atoms with Gasteiger partial charge in [-0.1, -0.05) is 35.9 Å². The zero-order valence-electron chi connectivity index (χ0n) is 12.2. The lowest BCUT2D eigenvalue weighted by atomic mass is 10.1. The Bertz CT molecular complexity index is 638. The molecule has 0 aliphatic carbocycles. The first kappa shape index (κ1) is 15.0. The van der Waals surface area contributed by atoms with Crippen LogP contribution in [-0.2, 0) is 13.1 Å². The van der Waals surface area contributed by atoms with Crippen molar-refractivity contribution in [1.82, 2.24) is 4.90 Å². The predicted octanol–water partition coefficient (Wildman–Crippen LogP) is 3.12. The van der Waals surface area contributed by atoms with Crippen LogP contribution in [0.3, 0.4) is 0 Å². The molecule has 110 valence electrons. The number of anilines is 1. The summed E-state index contributed by atoms with van der Waals surface area (Å²) in [6.07, 6.45) is 0. The van der Waals surface area contributed by atoms with Crippen molar-refractivity contribution >= 4 is 11.4 Å². The van der Waals surface area contributed by atoms with E-state index < -0.39 is 4.92 Å². The second-order valence-corrected chi connectivity index (χ2v) is 5.31. The zero-order valence-corrected chi connectivity index (χ0v) is 12.2. The molecule has 0 saturated carbocycles. The Morgan fingerprint density at radius 1 is 1.10 bits per heavy atom. The summed E-state index contributed by atoms with van der Waals surface area (Å²) >= 11 is 0. The fraction of sp³-hybridized carbons (Fsp3) is 0.250. The molecule has 0 heterocycles. The maximum absolute atomic E-state index is 10.7. The highest BCUT2D eigenvalue weighted by Gasteiger charge is 2.11. The maximum atomic E-state index is 10.7. The van der Waals surface area contributed by atoms with Crippen molar-refractivity contribution < 1.29 is 4.92 Å². The molecule has 2 N–H and O–H groups in total. The standard InChI is InChI=1S/C16H19N3O2/c1-12-3-5-13(6-4-12)10-18(2)11-14-7-8-16(19(20)21)15(17)9-14/h3-9H,10-11,17H2,1-2H3. The molecule has 2 rings (SSSR count). The highest BCUT2D eigenvalue weighted by Crippen LogP contribution is 2.22. The third-order valence-electron chi connectivity index (χ3n) is 3.31. The summed E-state index contributed by atoms with van der Waals surface area (Å²) in [6.45, 7) is 3.57. The molecule has 0 fully saturated rings. The molecule has 0 saturated heterocycles. The normalized spacial score (nSPS) is 10.8. The molecule has 0 aliphatic rings. The second-order valence-electron chi connectivity index (χ2n) is 5.31. The number of benzene rings is 2. The van der Waals surface area contributed by atoms with E-state index in [0.29, 0.717) is 6.54 Å². The molecular weight excluding hydrogens is 266 g/mol. The summed E-state index contributed by atoms with van der Waals surface area (Å²) in [5, 5.41) is 10.7. The molecule has 0 aliphatic heterocycles. The number of nitro benzene ring substituents is 1. The molecule has 5 heteroatoms. The number of nitro groups is 1. The van der Waals surface area contributed by atoms with Crippen LogP contribution in [0.1, 0.15) is 16.7 Å². The van der Waals surface area contributed by atoms with Crippen LogP contribution >= 0.6 is 0 Å². The molecule has 0 spiro atoms. The van der Waals surface area contributed by atoms with E-state index in [9.17, 15) is 10.1 Å². The molecule has 0 radical (unpaired) electrons. The van der Waals surface area contributed by atoms with Gasteiger partial charge in [0.1, 0.15) is 5.69 Å². The summed E-state index contributed by atoms with van der Waals surface area (Å²) < 4.78 is 0. The van der Waals surface area contributed by atoms with Gasteiger partial charge in [0.2, 0.25) is 0 Å². The maximum Gasteiger partial charge on any atom is 0.292 e. The summed E-state index contributed by atoms with van der Waals surface area (Å²) in [7, 11) is 2.01. The van der Waals surface area contributed by atoms with Gasteiger partial charge in [0.15, 0.2) is 0 Å². The Kier molecular flexibility index (Phi) is 4.55. The van der Waals surface area contributed by atoms with Gasteiger partial charge in [-0.3, -0.25) is 15.0 Å². The number of nitrogens with zero attached hydrogens (tertiary/aromatic N) is 2. The summed E-state index contributed by atoms with van der Waals surface area (Å²) in [5.41, 5.74) is 9.31. The van der Waals surface area contributed by atoms with Crippen LogP contribution < -0.4 is 5.73 Å². The van der Waals surface area contributed by atoms with Crippen LogP contribution in [0, 0.1) is 17.0 Å². The third kappa shape index (κ3) is 4.03. The van der Waals surface area contributed by atoms with Gasteiger partial charge in [0.25, 0.3) is 5.69 Å². The Labute approximate surface area is 124 Å². The first-order chi connectivity index (χ1) is 9.95. The minimum Gasteiger partial charge on any atom is -0.393 e. The van der Waals surface area contributed by atoms with Crippen LogP contribution in [0.15, 0.2) is 42.5 Å². The van der Waals surface area contributed by atoms with Crippen LogP contribution in [0.5, 0.6) is 0 Å². The van der Waals surface area contributed by atoms with E-state index in [1.54, 1.807) is 12.1 Å². The van der Waals surface area contributed by atoms with Gasteiger partial charge < -0.3 is 5.73 Å². The minimum atomic E-state index is -0.463. The fourth-order valence-electron chi connectivity index (χ4n) is 2.24. The number of nitrogen functional groups attached to an aromatic ring is 1. The van der Waals surface area contributed by atoms with E-state index in [4.69, 9.17) is 5.73 Å². The smallest absolute Gasteiger partial charge is 0.292 e. The number of hydrogen-bond acceptors (Lipinski definition) is 4. The molecule has 2 aromatic carbocycles. The van der Waals surface area contributed by atoms with Gasteiger partial charge in [-0.05, 0) is 31.2 Å². The lowest BCUT2D eigenvalue weighted by molar-refractivity contribution is -0.383. The van der Waals surface area contributed by atoms with Crippen molar-refractivity contribution in [3.05, 3.63) is 69.3 Å². The zero-order chi connectivity index (χ0) is 15.4. The predicted molar refractivity (Wildman–Crippen MR) is 83.9 cm³/mol. The van der Waals surface area contributed by atoms with Crippen molar-refractivity contribution in [3.63, 3.8) is 0 Å². The van der Waals surface area contributed by atoms with E-state index in [1.165, 1.54) is 17.2 Å². The van der Waals surface area contributed by atoms with Crippen molar-refractivity contribution in [2.24, 2.45) is 0 Å². The highest BCUT2D eigenvalue weighted by atomic mass is 16.6. The van der Waals surface area contributed by atoms with Gasteiger partial charge in [-0.2, -0.15) is 0 Å². The van der Waals surface area contributed by atoms with E-state index in [2.05, 4.69) is 36.1 Å². The van der Waals surface area contributed by atoms with Crippen LogP contribution in [0.4, 0.5) is 11.4 Å². The Hall–Kier alpha value is -2.40. The molecular formula is C16H19N3O2. The Morgan fingerprint density at radius 2 is 1.67 bits per heavy atom. The first-order valence-electron chi connectivity index (χ1n) is 6.72. The summed E-state index contributed by atoms with van der Waals surface area (Å²) in [4.78, 5) is 12.4. The van der Waals surface area contributed by atoms with Gasteiger partial charge >= 0.3 is 0 Å². The molecule has 0 amide bonds. The average molecular weight is 285 g/mol. The second kappa shape index (κ2) is 6.37. The quantitative estimate of drug-likeness (QED) is 0.520. The molecule has 0 atom stereocenters. The van der Waals surface area contributed by atoms with Gasteiger partial charge in [-0.15, -0.1) is 0 Å². The average Bonchev–Trinajstić information content (AvgIpc) is 2.41. The molecule has 0 unspecified atom stereocenters. The third-order valence-corrected chi connectivity index (χ3v) is 3.31. The van der Waals surface area contributed by atoms with Gasteiger partial charge in [-0.25, -0.2) is 0 Å².